The Morgan fingerprint density at radius 3 is 2.32 bits per heavy atom. The van der Waals surface area contributed by atoms with Crippen LogP contribution in [0.15, 0.2) is 24.3 Å². The zero-order chi connectivity index (χ0) is 14.2. The maximum atomic E-state index is 12.4. The second-order valence-electron chi connectivity index (χ2n) is 3.52. The van der Waals surface area contributed by atoms with Crippen molar-refractivity contribution in [2.45, 2.75) is 6.18 Å². The molecule has 9 heteroatoms. The number of alkyl halides is 3. The van der Waals surface area contributed by atoms with E-state index in [1.165, 1.54) is 24.3 Å². The van der Waals surface area contributed by atoms with Crippen LogP contribution >= 0.6 is 11.6 Å². The van der Waals surface area contributed by atoms with Crippen molar-refractivity contribution in [1.82, 2.24) is 14.8 Å². The largest absolute Gasteiger partial charge is 0.453 e. The first-order valence-corrected chi connectivity index (χ1v) is 5.27. The van der Waals surface area contributed by atoms with E-state index < -0.39 is 23.9 Å². The van der Waals surface area contributed by atoms with Crippen LogP contribution in [0.3, 0.4) is 0 Å². The molecule has 0 unspecified atom stereocenters. The lowest BCUT2D eigenvalue weighted by atomic mass is 10.2. The van der Waals surface area contributed by atoms with E-state index in [0.717, 1.165) is 0 Å². The molecule has 100 valence electrons. The van der Waals surface area contributed by atoms with Crippen LogP contribution in [-0.4, -0.2) is 20.7 Å². The van der Waals surface area contributed by atoms with Crippen LogP contribution in [-0.2, 0) is 6.18 Å². The van der Waals surface area contributed by atoms with Crippen molar-refractivity contribution < 1.29 is 18.0 Å². The third-order valence-electron chi connectivity index (χ3n) is 2.17. The van der Waals surface area contributed by atoms with Crippen molar-refractivity contribution in [1.29, 1.82) is 0 Å². The molecule has 1 aromatic carbocycles. The molecule has 1 heterocycles. The summed E-state index contributed by atoms with van der Waals surface area (Å²) in [4.78, 5) is 14.9. The van der Waals surface area contributed by atoms with Crippen LogP contribution in [0.2, 0.25) is 5.02 Å². The number of carbonyl (C=O) groups is 1. The molecule has 0 aliphatic carbocycles. The Balaban J connectivity index is 2.39. The molecule has 0 radical (unpaired) electrons. The normalized spacial score (nSPS) is 11.6. The Labute approximate surface area is 109 Å². The van der Waals surface area contributed by atoms with E-state index >= 15 is 0 Å². The molecule has 2 rings (SSSR count). The Bertz CT molecular complexity index is 621. The van der Waals surface area contributed by atoms with Crippen LogP contribution in [0.25, 0.3) is 0 Å². The molecule has 0 amide bonds. The fourth-order valence-corrected chi connectivity index (χ4v) is 1.43. The van der Waals surface area contributed by atoms with E-state index in [9.17, 15) is 18.0 Å². The number of anilines is 1. The maximum absolute atomic E-state index is 12.4. The van der Waals surface area contributed by atoms with Crippen LogP contribution in [0, 0.1) is 0 Å². The molecule has 0 aliphatic heterocycles. The lowest BCUT2D eigenvalue weighted by Gasteiger charge is -2.01. The lowest BCUT2D eigenvalue weighted by molar-refractivity contribution is -0.144. The molecular formula is C10H6ClF3N4O. The summed E-state index contributed by atoms with van der Waals surface area (Å²) >= 11 is 5.64. The molecule has 2 N–H and O–H groups in total. The highest BCUT2D eigenvalue weighted by molar-refractivity contribution is 6.30. The zero-order valence-corrected chi connectivity index (χ0v) is 9.90. The highest BCUT2D eigenvalue weighted by atomic mass is 35.5. The summed E-state index contributed by atoms with van der Waals surface area (Å²) in [6, 6.07) is 5.54. The van der Waals surface area contributed by atoms with Gasteiger partial charge in [0.25, 0.3) is 11.7 Å². The molecule has 19 heavy (non-hydrogen) atoms. The van der Waals surface area contributed by atoms with Gasteiger partial charge in [0, 0.05) is 10.6 Å². The van der Waals surface area contributed by atoms with E-state index in [1.54, 1.807) is 0 Å². The van der Waals surface area contributed by atoms with Crippen molar-refractivity contribution in [2.75, 3.05) is 5.73 Å². The van der Waals surface area contributed by atoms with Gasteiger partial charge in [-0.15, -0.1) is 5.10 Å². The summed E-state index contributed by atoms with van der Waals surface area (Å²) in [6.07, 6.45) is -4.76. The Morgan fingerprint density at radius 2 is 1.84 bits per heavy atom. The summed E-state index contributed by atoms with van der Waals surface area (Å²) in [6.45, 7) is 0. The molecule has 0 saturated carbocycles. The smallest absolute Gasteiger partial charge is 0.368 e. The SMILES string of the molecule is Nc1nc(C(F)(F)F)nn1C(=O)c1ccc(Cl)cc1. The molecule has 0 saturated heterocycles. The number of aromatic nitrogens is 3. The standard InChI is InChI=1S/C10H6ClF3N4O/c11-6-3-1-5(2-4-6)7(19)18-9(15)16-8(17-18)10(12,13)14/h1-4H,(H2,15,16,17). The number of nitrogen functional groups attached to an aromatic ring is 1. The van der Waals surface area contributed by atoms with Crippen LogP contribution in [0.5, 0.6) is 0 Å². The molecular weight excluding hydrogens is 285 g/mol. The van der Waals surface area contributed by atoms with E-state index in [1.807, 2.05) is 0 Å². The molecule has 5 nitrogen and oxygen atoms in total. The van der Waals surface area contributed by atoms with Crippen molar-refractivity contribution >= 4 is 23.5 Å². The highest BCUT2D eigenvalue weighted by Gasteiger charge is 2.37. The fraction of sp³-hybridized carbons (Fsp3) is 0.100. The van der Waals surface area contributed by atoms with Gasteiger partial charge >= 0.3 is 6.18 Å². The monoisotopic (exact) mass is 290 g/mol. The zero-order valence-electron chi connectivity index (χ0n) is 9.15. The predicted molar refractivity (Wildman–Crippen MR) is 60.6 cm³/mol. The third kappa shape index (κ3) is 2.68. The molecule has 0 aliphatic rings. The number of benzene rings is 1. The number of rotatable bonds is 1. The molecule has 1 aromatic heterocycles. The van der Waals surface area contributed by atoms with Crippen molar-refractivity contribution in [2.24, 2.45) is 0 Å². The minimum atomic E-state index is -4.76. The summed E-state index contributed by atoms with van der Waals surface area (Å²) in [5.74, 6) is -2.92. The van der Waals surface area contributed by atoms with Gasteiger partial charge in [0.05, 0.1) is 0 Å². The van der Waals surface area contributed by atoms with Gasteiger partial charge in [-0.25, -0.2) is 0 Å². The first-order valence-electron chi connectivity index (χ1n) is 4.89. The van der Waals surface area contributed by atoms with Crippen molar-refractivity contribution in [3.05, 3.63) is 40.7 Å². The first-order chi connectivity index (χ1) is 8.79. The van der Waals surface area contributed by atoms with Gasteiger partial charge in [-0.1, -0.05) is 11.6 Å². The molecule has 0 fully saturated rings. The minimum absolute atomic E-state index is 0.0923. The lowest BCUT2D eigenvalue weighted by Crippen LogP contribution is -2.17. The van der Waals surface area contributed by atoms with Gasteiger partial charge in [0.1, 0.15) is 0 Å². The van der Waals surface area contributed by atoms with Crippen LogP contribution in [0.4, 0.5) is 19.1 Å². The second-order valence-corrected chi connectivity index (χ2v) is 3.95. The third-order valence-corrected chi connectivity index (χ3v) is 2.42. The van der Waals surface area contributed by atoms with Crippen LogP contribution in [0.1, 0.15) is 16.2 Å². The average Bonchev–Trinajstić information content (AvgIpc) is 2.71. The quantitative estimate of drug-likeness (QED) is 0.874. The Hall–Kier alpha value is -2.09. The van der Waals surface area contributed by atoms with Crippen molar-refractivity contribution in [3.8, 4) is 0 Å². The maximum Gasteiger partial charge on any atom is 0.453 e. The fourth-order valence-electron chi connectivity index (χ4n) is 1.31. The summed E-state index contributed by atoms with van der Waals surface area (Å²) in [7, 11) is 0. The van der Waals surface area contributed by atoms with Crippen molar-refractivity contribution in [3.63, 3.8) is 0 Å². The van der Waals surface area contributed by atoms with Gasteiger partial charge in [0.15, 0.2) is 0 Å². The average molecular weight is 291 g/mol. The molecule has 0 bridgehead atoms. The van der Waals surface area contributed by atoms with Gasteiger partial charge < -0.3 is 5.73 Å². The summed E-state index contributed by atoms with van der Waals surface area (Å²) in [5.41, 5.74) is 5.34. The Morgan fingerprint density at radius 1 is 1.26 bits per heavy atom. The highest BCUT2D eigenvalue weighted by Crippen LogP contribution is 2.27. The Kier molecular flexibility index (Phi) is 3.19. The number of halogens is 4. The number of nitrogens with two attached hydrogens (primary N) is 1. The van der Waals surface area contributed by atoms with E-state index in [-0.39, 0.29) is 5.56 Å². The van der Waals surface area contributed by atoms with Gasteiger partial charge in [-0.2, -0.15) is 22.8 Å². The summed E-state index contributed by atoms with van der Waals surface area (Å²) < 4.78 is 37.5. The molecule has 2 aromatic rings. The number of hydrogen-bond acceptors (Lipinski definition) is 4. The summed E-state index contributed by atoms with van der Waals surface area (Å²) in [5, 5.41) is 3.44. The van der Waals surface area contributed by atoms with Gasteiger partial charge in [-0.05, 0) is 24.3 Å². The van der Waals surface area contributed by atoms with E-state index in [2.05, 4.69) is 10.1 Å². The first kappa shape index (κ1) is 13.3. The number of hydrogen-bond donors (Lipinski definition) is 1. The predicted octanol–water partition coefficient (Wildman–Crippen LogP) is 2.22. The second kappa shape index (κ2) is 4.54. The van der Waals surface area contributed by atoms with Crippen LogP contribution < -0.4 is 5.73 Å². The van der Waals surface area contributed by atoms with Gasteiger partial charge in [-0.3, -0.25) is 4.79 Å². The number of carbonyl (C=O) groups excluding carboxylic acids is 1. The molecule has 0 atom stereocenters. The van der Waals surface area contributed by atoms with E-state index in [0.29, 0.717) is 9.70 Å². The molecule has 0 spiro atoms. The van der Waals surface area contributed by atoms with E-state index in [4.69, 9.17) is 17.3 Å². The topological polar surface area (TPSA) is 73.8 Å². The number of nitrogens with zero attached hydrogens (tertiary/aromatic N) is 3. The minimum Gasteiger partial charge on any atom is -0.368 e. The van der Waals surface area contributed by atoms with Gasteiger partial charge in [0.2, 0.25) is 5.95 Å².